The van der Waals surface area contributed by atoms with E-state index in [1.54, 1.807) is 25.3 Å². The van der Waals surface area contributed by atoms with E-state index in [0.717, 1.165) is 6.54 Å². The summed E-state index contributed by atoms with van der Waals surface area (Å²) in [7, 11) is 3.02. The monoisotopic (exact) mass is 266 g/mol. The highest BCUT2D eigenvalue weighted by Gasteiger charge is 2.22. The summed E-state index contributed by atoms with van der Waals surface area (Å²) in [6.45, 7) is 5.33. The third kappa shape index (κ3) is 3.38. The molecule has 1 aromatic carbocycles. The fraction of sp³-hybridized carbons (Fsp3) is 0.500. The van der Waals surface area contributed by atoms with Gasteiger partial charge < -0.3 is 20.1 Å². The maximum Gasteiger partial charge on any atom is 0.340 e. The molecule has 0 aliphatic heterocycles. The molecule has 0 radical (unpaired) electrons. The van der Waals surface area contributed by atoms with Crippen molar-refractivity contribution in [3.63, 3.8) is 0 Å². The van der Waals surface area contributed by atoms with E-state index in [-0.39, 0.29) is 12.0 Å². The molecule has 1 atom stereocenters. The van der Waals surface area contributed by atoms with Crippen LogP contribution < -0.4 is 10.6 Å². The molecule has 106 valence electrons. The number of nitrogen functional groups attached to an aromatic ring is 1. The van der Waals surface area contributed by atoms with Crippen molar-refractivity contribution in [2.24, 2.45) is 0 Å². The molecule has 5 nitrogen and oxygen atoms in total. The minimum absolute atomic E-state index is 0.114. The lowest BCUT2D eigenvalue weighted by Crippen LogP contribution is -2.37. The summed E-state index contributed by atoms with van der Waals surface area (Å²) < 4.78 is 9.99. The number of likely N-dealkylation sites (N-methyl/N-ethyl adjacent to an activating group) is 1. The van der Waals surface area contributed by atoms with Gasteiger partial charge in [-0.25, -0.2) is 4.79 Å². The van der Waals surface area contributed by atoms with Crippen molar-refractivity contribution < 1.29 is 14.3 Å². The summed E-state index contributed by atoms with van der Waals surface area (Å²) in [5.74, 6) is -0.384. The minimum atomic E-state index is -0.384. The van der Waals surface area contributed by atoms with Crippen molar-refractivity contribution in [2.45, 2.75) is 19.9 Å². The zero-order chi connectivity index (χ0) is 14.4. The van der Waals surface area contributed by atoms with Crippen LogP contribution in [0.5, 0.6) is 0 Å². The van der Waals surface area contributed by atoms with Gasteiger partial charge in [0.05, 0.1) is 30.7 Å². The van der Waals surface area contributed by atoms with Crippen LogP contribution in [0.4, 0.5) is 11.4 Å². The third-order valence-corrected chi connectivity index (χ3v) is 3.04. The molecule has 2 N–H and O–H groups in total. The molecular weight excluding hydrogens is 244 g/mol. The predicted octanol–water partition coefficient (Wildman–Crippen LogP) is 1.92. The third-order valence-electron chi connectivity index (χ3n) is 3.04. The summed E-state index contributed by atoms with van der Waals surface area (Å²) in [6.07, 6.45) is 0. The van der Waals surface area contributed by atoms with Crippen LogP contribution in [0.25, 0.3) is 0 Å². The number of nitrogens with two attached hydrogens (primary N) is 1. The van der Waals surface area contributed by atoms with Gasteiger partial charge in [0.2, 0.25) is 0 Å². The second-order valence-electron chi connectivity index (χ2n) is 4.33. The Labute approximate surface area is 114 Å². The fourth-order valence-corrected chi connectivity index (χ4v) is 2.18. The number of hydrogen-bond acceptors (Lipinski definition) is 5. The first kappa shape index (κ1) is 15.3. The molecule has 0 saturated heterocycles. The molecule has 0 fully saturated rings. The van der Waals surface area contributed by atoms with E-state index in [1.807, 2.05) is 18.7 Å². The molecule has 0 bridgehead atoms. The van der Waals surface area contributed by atoms with Crippen molar-refractivity contribution in [3.8, 4) is 0 Å². The van der Waals surface area contributed by atoms with Gasteiger partial charge in [-0.05, 0) is 26.0 Å². The Hall–Kier alpha value is -1.75. The smallest absolute Gasteiger partial charge is 0.340 e. The lowest BCUT2D eigenvalue weighted by atomic mass is 10.1. The fourth-order valence-electron chi connectivity index (χ4n) is 2.18. The number of ether oxygens (including phenoxy) is 2. The normalized spacial score (nSPS) is 12.0. The molecule has 0 amide bonds. The topological polar surface area (TPSA) is 64.8 Å². The first-order chi connectivity index (χ1) is 9.06. The Balaban J connectivity index is 3.25. The van der Waals surface area contributed by atoms with Gasteiger partial charge in [-0.3, -0.25) is 0 Å². The quantitative estimate of drug-likeness (QED) is 0.629. The van der Waals surface area contributed by atoms with E-state index < -0.39 is 0 Å². The maximum atomic E-state index is 11.9. The number of benzene rings is 1. The van der Waals surface area contributed by atoms with Crippen molar-refractivity contribution in [1.29, 1.82) is 0 Å². The van der Waals surface area contributed by atoms with Crippen molar-refractivity contribution >= 4 is 17.3 Å². The van der Waals surface area contributed by atoms with Crippen molar-refractivity contribution in [3.05, 3.63) is 23.8 Å². The first-order valence-corrected chi connectivity index (χ1v) is 6.29. The highest BCUT2D eigenvalue weighted by atomic mass is 16.5. The van der Waals surface area contributed by atoms with E-state index in [2.05, 4.69) is 0 Å². The number of carbonyl (C=O) groups excluding carboxylic acids is 1. The molecule has 0 aromatic heterocycles. The number of hydrogen-bond donors (Lipinski definition) is 1. The zero-order valence-electron chi connectivity index (χ0n) is 12.0. The van der Waals surface area contributed by atoms with Gasteiger partial charge in [0.1, 0.15) is 0 Å². The van der Waals surface area contributed by atoms with Crippen LogP contribution in [-0.2, 0) is 9.47 Å². The highest BCUT2D eigenvalue weighted by Crippen LogP contribution is 2.30. The van der Waals surface area contributed by atoms with Gasteiger partial charge in [-0.2, -0.15) is 0 Å². The SMILES string of the molecule is CCN(c1c(N)cccc1C(=O)OC)C(C)COC. The summed E-state index contributed by atoms with van der Waals surface area (Å²) in [4.78, 5) is 13.9. The largest absolute Gasteiger partial charge is 0.465 e. The van der Waals surface area contributed by atoms with Crippen LogP contribution in [0.1, 0.15) is 24.2 Å². The number of anilines is 2. The number of carbonyl (C=O) groups is 1. The van der Waals surface area contributed by atoms with Gasteiger partial charge in [0.15, 0.2) is 0 Å². The standard InChI is InChI=1S/C14H22N2O3/c1-5-16(10(2)9-18-3)13-11(14(17)19-4)7-6-8-12(13)15/h6-8,10H,5,9,15H2,1-4H3. The predicted molar refractivity (Wildman–Crippen MR) is 76.6 cm³/mol. The molecule has 0 saturated carbocycles. The van der Waals surface area contributed by atoms with Crippen LogP contribution in [0.15, 0.2) is 18.2 Å². The first-order valence-electron chi connectivity index (χ1n) is 6.29. The number of nitrogens with zero attached hydrogens (tertiary/aromatic N) is 1. The van der Waals surface area contributed by atoms with E-state index in [9.17, 15) is 4.79 Å². The molecule has 5 heteroatoms. The van der Waals surface area contributed by atoms with Crippen LogP contribution in [-0.4, -0.2) is 39.4 Å². The molecule has 0 spiro atoms. The van der Waals surface area contributed by atoms with Crippen molar-refractivity contribution in [2.75, 3.05) is 38.0 Å². The Morgan fingerprint density at radius 1 is 1.42 bits per heavy atom. The molecule has 0 aliphatic carbocycles. The number of para-hydroxylation sites is 1. The molecular formula is C14H22N2O3. The zero-order valence-corrected chi connectivity index (χ0v) is 12.0. The second-order valence-corrected chi connectivity index (χ2v) is 4.33. The average molecular weight is 266 g/mol. The minimum Gasteiger partial charge on any atom is -0.465 e. The van der Waals surface area contributed by atoms with Crippen LogP contribution in [0.2, 0.25) is 0 Å². The van der Waals surface area contributed by atoms with E-state index in [1.165, 1.54) is 7.11 Å². The molecule has 19 heavy (non-hydrogen) atoms. The van der Waals surface area contributed by atoms with E-state index in [0.29, 0.717) is 23.5 Å². The number of esters is 1. The van der Waals surface area contributed by atoms with Gasteiger partial charge in [-0.1, -0.05) is 6.07 Å². The highest BCUT2D eigenvalue weighted by molar-refractivity contribution is 5.99. The number of rotatable bonds is 6. The Morgan fingerprint density at radius 3 is 2.63 bits per heavy atom. The van der Waals surface area contributed by atoms with Gasteiger partial charge >= 0.3 is 5.97 Å². The lowest BCUT2D eigenvalue weighted by molar-refractivity contribution is 0.0601. The van der Waals surface area contributed by atoms with Crippen LogP contribution in [0, 0.1) is 0 Å². The Morgan fingerprint density at radius 2 is 2.11 bits per heavy atom. The molecule has 0 aliphatic rings. The van der Waals surface area contributed by atoms with E-state index in [4.69, 9.17) is 15.2 Å². The summed E-state index contributed by atoms with van der Waals surface area (Å²) in [5, 5.41) is 0. The van der Waals surface area contributed by atoms with E-state index >= 15 is 0 Å². The summed E-state index contributed by atoms with van der Waals surface area (Å²) >= 11 is 0. The lowest BCUT2D eigenvalue weighted by Gasteiger charge is -2.32. The summed E-state index contributed by atoms with van der Waals surface area (Å²) in [6, 6.07) is 5.37. The van der Waals surface area contributed by atoms with Crippen molar-refractivity contribution in [1.82, 2.24) is 0 Å². The summed E-state index contributed by atoms with van der Waals surface area (Å²) in [5.41, 5.74) is 7.79. The van der Waals surface area contributed by atoms with Gasteiger partial charge in [0.25, 0.3) is 0 Å². The maximum absolute atomic E-state index is 11.9. The second kappa shape index (κ2) is 6.99. The molecule has 1 aromatic rings. The van der Waals surface area contributed by atoms with Gasteiger partial charge in [-0.15, -0.1) is 0 Å². The Kier molecular flexibility index (Phi) is 5.63. The Bertz CT molecular complexity index is 435. The van der Waals surface area contributed by atoms with Crippen LogP contribution in [0.3, 0.4) is 0 Å². The van der Waals surface area contributed by atoms with Crippen LogP contribution >= 0.6 is 0 Å². The number of methoxy groups -OCH3 is 2. The molecule has 0 heterocycles. The molecule has 1 unspecified atom stereocenters. The average Bonchev–Trinajstić information content (AvgIpc) is 2.40. The van der Waals surface area contributed by atoms with Gasteiger partial charge in [0, 0.05) is 19.7 Å². The molecule has 1 rings (SSSR count).